The van der Waals surface area contributed by atoms with Gasteiger partial charge in [0.05, 0.1) is 17.1 Å². The molecule has 0 saturated heterocycles. The van der Waals surface area contributed by atoms with Crippen LogP contribution in [0.5, 0.6) is 5.75 Å². The SMILES string of the molecule is O=C(Cc1ccccc1)N/N=C\c1cc(O)c(Br)cc1Br. The van der Waals surface area contributed by atoms with E-state index in [1.54, 1.807) is 12.1 Å². The number of amides is 1. The average molecular weight is 412 g/mol. The van der Waals surface area contributed by atoms with Gasteiger partial charge in [0.2, 0.25) is 5.91 Å². The van der Waals surface area contributed by atoms with E-state index in [1.165, 1.54) is 6.21 Å². The molecule has 108 valence electrons. The predicted molar refractivity (Wildman–Crippen MR) is 89.4 cm³/mol. The van der Waals surface area contributed by atoms with Crippen LogP contribution in [0.2, 0.25) is 0 Å². The van der Waals surface area contributed by atoms with Gasteiger partial charge in [-0.15, -0.1) is 0 Å². The van der Waals surface area contributed by atoms with Gasteiger partial charge in [-0.3, -0.25) is 4.79 Å². The van der Waals surface area contributed by atoms with Crippen molar-refractivity contribution in [3.63, 3.8) is 0 Å². The minimum atomic E-state index is -0.199. The van der Waals surface area contributed by atoms with Crippen LogP contribution in [0.3, 0.4) is 0 Å². The maximum atomic E-state index is 11.7. The van der Waals surface area contributed by atoms with Gasteiger partial charge in [-0.1, -0.05) is 46.3 Å². The summed E-state index contributed by atoms with van der Waals surface area (Å²) in [6.07, 6.45) is 1.74. The molecule has 2 aromatic rings. The molecule has 0 aliphatic carbocycles. The van der Waals surface area contributed by atoms with Crippen molar-refractivity contribution in [1.29, 1.82) is 0 Å². The van der Waals surface area contributed by atoms with Gasteiger partial charge in [-0.05, 0) is 33.6 Å². The molecular weight excluding hydrogens is 400 g/mol. The van der Waals surface area contributed by atoms with Crippen LogP contribution in [0.15, 0.2) is 56.5 Å². The van der Waals surface area contributed by atoms with E-state index in [2.05, 4.69) is 42.4 Å². The Morgan fingerprint density at radius 3 is 2.62 bits per heavy atom. The summed E-state index contributed by atoms with van der Waals surface area (Å²) >= 11 is 6.57. The monoisotopic (exact) mass is 410 g/mol. The molecule has 0 radical (unpaired) electrons. The van der Waals surface area contributed by atoms with Crippen LogP contribution in [0.1, 0.15) is 11.1 Å². The lowest BCUT2D eigenvalue weighted by molar-refractivity contribution is -0.120. The number of rotatable bonds is 4. The first-order valence-electron chi connectivity index (χ1n) is 6.10. The topological polar surface area (TPSA) is 61.7 Å². The Morgan fingerprint density at radius 1 is 1.19 bits per heavy atom. The van der Waals surface area contributed by atoms with Crippen molar-refractivity contribution >= 4 is 44.0 Å². The zero-order valence-electron chi connectivity index (χ0n) is 10.9. The van der Waals surface area contributed by atoms with Gasteiger partial charge in [0.25, 0.3) is 0 Å². The molecular formula is C15H12Br2N2O2. The van der Waals surface area contributed by atoms with Crippen molar-refractivity contribution in [3.8, 4) is 5.75 Å². The fourth-order valence-electron chi connectivity index (χ4n) is 1.65. The maximum absolute atomic E-state index is 11.7. The molecule has 0 spiro atoms. The normalized spacial score (nSPS) is 10.8. The fourth-order valence-corrected chi connectivity index (χ4v) is 2.74. The molecule has 0 aromatic heterocycles. The Hall–Kier alpha value is -1.66. The lowest BCUT2D eigenvalue weighted by Gasteiger charge is -2.03. The Bertz CT molecular complexity index is 673. The highest BCUT2D eigenvalue weighted by atomic mass is 79.9. The molecule has 4 nitrogen and oxygen atoms in total. The number of nitrogens with zero attached hydrogens (tertiary/aromatic N) is 1. The minimum absolute atomic E-state index is 0.107. The van der Waals surface area contributed by atoms with E-state index in [4.69, 9.17) is 0 Å². The second-order valence-corrected chi connectivity index (χ2v) is 5.99. The number of hydrogen-bond acceptors (Lipinski definition) is 3. The summed E-state index contributed by atoms with van der Waals surface area (Å²) in [5.41, 5.74) is 4.04. The first kappa shape index (κ1) is 15.7. The summed E-state index contributed by atoms with van der Waals surface area (Å²) in [5, 5.41) is 13.5. The summed E-state index contributed by atoms with van der Waals surface area (Å²) in [7, 11) is 0. The quantitative estimate of drug-likeness (QED) is 0.596. The molecule has 0 saturated carbocycles. The Labute approximate surface area is 139 Å². The minimum Gasteiger partial charge on any atom is -0.507 e. The average Bonchev–Trinajstić information content (AvgIpc) is 2.45. The van der Waals surface area contributed by atoms with E-state index < -0.39 is 0 Å². The first-order valence-corrected chi connectivity index (χ1v) is 7.68. The van der Waals surface area contributed by atoms with E-state index in [1.807, 2.05) is 30.3 Å². The number of carbonyl (C=O) groups is 1. The van der Waals surface area contributed by atoms with Crippen LogP contribution in [0, 0.1) is 0 Å². The van der Waals surface area contributed by atoms with Gasteiger partial charge in [-0.2, -0.15) is 5.10 Å². The first-order chi connectivity index (χ1) is 10.1. The molecule has 0 fully saturated rings. The van der Waals surface area contributed by atoms with Crippen molar-refractivity contribution in [1.82, 2.24) is 5.43 Å². The third-order valence-electron chi connectivity index (χ3n) is 2.67. The fraction of sp³-hybridized carbons (Fsp3) is 0.0667. The van der Waals surface area contributed by atoms with E-state index in [0.29, 0.717) is 10.0 Å². The second kappa shape index (κ2) is 7.38. The standard InChI is InChI=1S/C15H12Br2N2O2/c16-12-8-13(17)14(20)7-11(12)9-18-19-15(21)6-10-4-2-1-3-5-10/h1-5,7-9,20H,6H2,(H,19,21)/b18-9-. The van der Waals surface area contributed by atoms with Crippen molar-refractivity contribution in [2.45, 2.75) is 6.42 Å². The third kappa shape index (κ3) is 4.68. The molecule has 2 rings (SSSR count). The molecule has 2 N–H and O–H groups in total. The Kier molecular flexibility index (Phi) is 5.52. The lowest BCUT2D eigenvalue weighted by Crippen LogP contribution is -2.19. The molecule has 0 heterocycles. The molecule has 1 amide bonds. The van der Waals surface area contributed by atoms with Crippen LogP contribution in [0.4, 0.5) is 0 Å². The van der Waals surface area contributed by atoms with E-state index >= 15 is 0 Å². The van der Waals surface area contributed by atoms with Crippen LogP contribution in [-0.4, -0.2) is 17.2 Å². The van der Waals surface area contributed by atoms with Gasteiger partial charge < -0.3 is 5.11 Å². The summed E-state index contributed by atoms with van der Waals surface area (Å²) in [4.78, 5) is 11.7. The van der Waals surface area contributed by atoms with Gasteiger partial charge in [0.15, 0.2) is 0 Å². The molecule has 21 heavy (non-hydrogen) atoms. The largest absolute Gasteiger partial charge is 0.507 e. The summed E-state index contributed by atoms with van der Waals surface area (Å²) in [5.74, 6) is -0.0924. The van der Waals surface area contributed by atoms with E-state index in [-0.39, 0.29) is 18.1 Å². The Balaban J connectivity index is 1.96. The molecule has 6 heteroatoms. The molecule has 0 aliphatic heterocycles. The summed E-state index contributed by atoms with van der Waals surface area (Å²) in [6.45, 7) is 0. The predicted octanol–water partition coefficient (Wildman–Crippen LogP) is 3.61. The number of halogens is 2. The van der Waals surface area contributed by atoms with Crippen molar-refractivity contribution < 1.29 is 9.90 Å². The van der Waals surface area contributed by atoms with Crippen molar-refractivity contribution in [3.05, 3.63) is 62.5 Å². The smallest absolute Gasteiger partial charge is 0.244 e. The molecule has 2 aromatic carbocycles. The maximum Gasteiger partial charge on any atom is 0.244 e. The van der Waals surface area contributed by atoms with Crippen molar-refractivity contribution in [2.24, 2.45) is 5.10 Å². The summed E-state index contributed by atoms with van der Waals surface area (Å²) < 4.78 is 1.34. The number of phenols is 1. The zero-order chi connectivity index (χ0) is 15.2. The van der Waals surface area contributed by atoms with Crippen LogP contribution in [-0.2, 0) is 11.2 Å². The van der Waals surface area contributed by atoms with Gasteiger partial charge in [0.1, 0.15) is 5.75 Å². The number of aromatic hydroxyl groups is 1. The van der Waals surface area contributed by atoms with Crippen LogP contribution in [0.25, 0.3) is 0 Å². The number of carbonyl (C=O) groups excluding carboxylic acids is 1. The van der Waals surface area contributed by atoms with E-state index in [9.17, 15) is 9.90 Å². The molecule has 0 unspecified atom stereocenters. The molecule has 0 atom stereocenters. The van der Waals surface area contributed by atoms with Gasteiger partial charge in [0, 0.05) is 10.0 Å². The third-order valence-corrected chi connectivity index (χ3v) is 3.99. The molecule has 0 aliphatic rings. The highest BCUT2D eigenvalue weighted by molar-refractivity contribution is 9.11. The number of hydrazone groups is 1. The number of benzene rings is 2. The van der Waals surface area contributed by atoms with E-state index in [0.717, 1.165) is 10.0 Å². The number of hydrogen-bond donors (Lipinski definition) is 2. The highest BCUT2D eigenvalue weighted by Gasteiger charge is 2.04. The highest BCUT2D eigenvalue weighted by Crippen LogP contribution is 2.29. The van der Waals surface area contributed by atoms with Gasteiger partial charge >= 0.3 is 0 Å². The molecule has 0 bridgehead atoms. The van der Waals surface area contributed by atoms with Gasteiger partial charge in [-0.25, -0.2) is 5.43 Å². The Morgan fingerprint density at radius 2 is 1.90 bits per heavy atom. The zero-order valence-corrected chi connectivity index (χ0v) is 14.1. The number of nitrogens with one attached hydrogen (secondary N) is 1. The lowest BCUT2D eigenvalue weighted by atomic mass is 10.1. The summed E-state index contributed by atoms with van der Waals surface area (Å²) in [6, 6.07) is 12.7. The van der Waals surface area contributed by atoms with Crippen LogP contribution >= 0.6 is 31.9 Å². The second-order valence-electron chi connectivity index (χ2n) is 4.28. The van der Waals surface area contributed by atoms with Crippen LogP contribution < -0.4 is 5.43 Å². The number of phenolic OH excluding ortho intramolecular Hbond substituents is 1. The van der Waals surface area contributed by atoms with Crippen molar-refractivity contribution in [2.75, 3.05) is 0 Å².